The van der Waals surface area contributed by atoms with Gasteiger partial charge in [-0.05, 0) is 43.7 Å². The lowest BCUT2D eigenvalue weighted by Crippen LogP contribution is -2.52. The molecule has 1 N–H and O–H groups in total. The number of hydrogen-bond donors (Lipinski definition) is 1. The minimum Gasteiger partial charge on any atom is -0.346 e. The van der Waals surface area contributed by atoms with Crippen molar-refractivity contribution in [2.75, 3.05) is 5.33 Å². The van der Waals surface area contributed by atoms with Crippen molar-refractivity contribution < 1.29 is 4.79 Å². The standard InChI is InChI=1S/C17H24BrNO/c1-12-6-5-9-17(10-12,11-18)19-16(20)15-13(2)7-4-8-14(15)3/h4,7-8,12H,5-6,9-11H2,1-3H3,(H,19,20). The van der Waals surface area contributed by atoms with Gasteiger partial charge >= 0.3 is 0 Å². The summed E-state index contributed by atoms with van der Waals surface area (Å²) in [6.45, 7) is 6.29. The molecule has 1 aromatic carbocycles. The number of aryl methyl sites for hydroxylation is 2. The van der Waals surface area contributed by atoms with Gasteiger partial charge in [0.1, 0.15) is 0 Å². The maximum atomic E-state index is 12.7. The lowest BCUT2D eigenvalue weighted by Gasteiger charge is -2.39. The van der Waals surface area contributed by atoms with E-state index in [0.29, 0.717) is 5.92 Å². The van der Waals surface area contributed by atoms with Crippen LogP contribution < -0.4 is 5.32 Å². The van der Waals surface area contributed by atoms with Gasteiger partial charge in [-0.1, -0.05) is 53.9 Å². The summed E-state index contributed by atoms with van der Waals surface area (Å²) in [4.78, 5) is 12.7. The minimum absolute atomic E-state index is 0.0779. The Balaban J connectivity index is 2.21. The number of hydrogen-bond acceptors (Lipinski definition) is 1. The molecule has 0 bridgehead atoms. The summed E-state index contributed by atoms with van der Waals surface area (Å²) in [5.41, 5.74) is 2.86. The highest BCUT2D eigenvalue weighted by molar-refractivity contribution is 9.09. The van der Waals surface area contributed by atoms with Crippen molar-refractivity contribution in [2.45, 2.75) is 52.0 Å². The van der Waals surface area contributed by atoms with Crippen molar-refractivity contribution in [3.8, 4) is 0 Å². The monoisotopic (exact) mass is 337 g/mol. The fraction of sp³-hybridized carbons (Fsp3) is 0.588. The molecule has 1 aliphatic carbocycles. The predicted octanol–water partition coefficient (Wildman–Crippen LogP) is 4.38. The van der Waals surface area contributed by atoms with E-state index in [4.69, 9.17) is 0 Å². The molecule has 2 nitrogen and oxygen atoms in total. The molecule has 2 unspecified atom stereocenters. The van der Waals surface area contributed by atoms with Crippen LogP contribution in [0, 0.1) is 19.8 Å². The van der Waals surface area contributed by atoms with Gasteiger partial charge < -0.3 is 5.32 Å². The molecule has 20 heavy (non-hydrogen) atoms. The summed E-state index contributed by atoms with van der Waals surface area (Å²) in [5.74, 6) is 0.758. The average Bonchev–Trinajstić information content (AvgIpc) is 2.38. The first kappa shape index (κ1) is 15.6. The third kappa shape index (κ3) is 3.25. The zero-order chi connectivity index (χ0) is 14.8. The first-order valence-corrected chi connectivity index (χ1v) is 8.54. The van der Waals surface area contributed by atoms with Crippen molar-refractivity contribution in [2.24, 2.45) is 5.92 Å². The van der Waals surface area contributed by atoms with E-state index in [-0.39, 0.29) is 11.4 Å². The predicted molar refractivity (Wildman–Crippen MR) is 87.5 cm³/mol. The van der Waals surface area contributed by atoms with Crippen LogP contribution in [0.4, 0.5) is 0 Å². The second-order valence-corrected chi connectivity index (χ2v) is 6.90. The van der Waals surface area contributed by atoms with E-state index < -0.39 is 0 Å². The van der Waals surface area contributed by atoms with Gasteiger partial charge in [-0.25, -0.2) is 0 Å². The van der Waals surface area contributed by atoms with Crippen molar-refractivity contribution in [3.05, 3.63) is 34.9 Å². The molecular weight excluding hydrogens is 314 g/mol. The minimum atomic E-state index is -0.0799. The van der Waals surface area contributed by atoms with Crippen LogP contribution in [-0.4, -0.2) is 16.8 Å². The molecule has 110 valence electrons. The Morgan fingerprint density at radius 2 is 2.05 bits per heavy atom. The Kier molecular flexibility index (Phi) is 4.90. The first-order chi connectivity index (χ1) is 9.47. The molecule has 0 spiro atoms. The molecule has 0 heterocycles. The second kappa shape index (κ2) is 6.30. The lowest BCUT2D eigenvalue weighted by atomic mass is 9.77. The molecule has 0 saturated heterocycles. The Hall–Kier alpha value is -0.830. The fourth-order valence-corrected chi connectivity index (χ4v) is 4.05. The van der Waals surface area contributed by atoms with Crippen molar-refractivity contribution >= 4 is 21.8 Å². The highest BCUT2D eigenvalue weighted by atomic mass is 79.9. The van der Waals surface area contributed by atoms with Crippen LogP contribution in [0.15, 0.2) is 18.2 Å². The van der Waals surface area contributed by atoms with E-state index >= 15 is 0 Å². The van der Waals surface area contributed by atoms with Gasteiger partial charge in [0, 0.05) is 10.9 Å². The summed E-state index contributed by atoms with van der Waals surface area (Å²) in [7, 11) is 0. The van der Waals surface area contributed by atoms with Crippen molar-refractivity contribution in [1.29, 1.82) is 0 Å². The Labute approximate surface area is 130 Å². The number of rotatable bonds is 3. The van der Waals surface area contributed by atoms with Gasteiger partial charge in [-0.3, -0.25) is 4.79 Å². The molecule has 2 atom stereocenters. The van der Waals surface area contributed by atoms with Crippen molar-refractivity contribution in [3.63, 3.8) is 0 Å². The molecule has 1 aliphatic rings. The van der Waals surface area contributed by atoms with Crippen LogP contribution in [-0.2, 0) is 0 Å². The van der Waals surface area contributed by atoms with Gasteiger partial charge in [0.2, 0.25) is 0 Å². The topological polar surface area (TPSA) is 29.1 Å². The number of carbonyl (C=O) groups is 1. The third-order valence-electron chi connectivity index (χ3n) is 4.43. The maximum absolute atomic E-state index is 12.7. The number of halogens is 1. The number of alkyl halides is 1. The molecule has 0 aromatic heterocycles. The number of carbonyl (C=O) groups excluding carboxylic acids is 1. The van der Waals surface area contributed by atoms with Crippen LogP contribution in [0.3, 0.4) is 0 Å². The van der Waals surface area contributed by atoms with Crippen molar-refractivity contribution in [1.82, 2.24) is 5.32 Å². The van der Waals surface area contributed by atoms with Gasteiger partial charge in [0.15, 0.2) is 0 Å². The molecular formula is C17H24BrNO. The molecule has 1 fully saturated rings. The van der Waals surface area contributed by atoms with Crippen LogP contribution in [0.2, 0.25) is 0 Å². The van der Waals surface area contributed by atoms with Crippen LogP contribution in [0.5, 0.6) is 0 Å². The fourth-order valence-electron chi connectivity index (χ4n) is 3.40. The van der Waals surface area contributed by atoms with E-state index in [2.05, 4.69) is 28.2 Å². The number of nitrogens with one attached hydrogen (secondary N) is 1. The molecule has 1 amide bonds. The highest BCUT2D eigenvalue weighted by Gasteiger charge is 2.35. The Morgan fingerprint density at radius 3 is 2.60 bits per heavy atom. The smallest absolute Gasteiger partial charge is 0.252 e. The van der Waals surface area contributed by atoms with E-state index in [1.807, 2.05) is 32.0 Å². The summed E-state index contributed by atoms with van der Waals surface area (Å²) in [5, 5.41) is 4.16. The summed E-state index contributed by atoms with van der Waals surface area (Å²) >= 11 is 3.62. The molecule has 2 rings (SSSR count). The maximum Gasteiger partial charge on any atom is 0.252 e. The SMILES string of the molecule is Cc1cccc(C)c1C(=O)NC1(CBr)CCCC(C)C1. The van der Waals surface area contributed by atoms with Gasteiger partial charge in [-0.15, -0.1) is 0 Å². The van der Waals surface area contributed by atoms with E-state index in [9.17, 15) is 4.79 Å². The van der Waals surface area contributed by atoms with E-state index in [1.54, 1.807) is 0 Å². The molecule has 0 aliphatic heterocycles. The summed E-state index contributed by atoms with van der Waals surface area (Å²) in [6.07, 6.45) is 4.60. The summed E-state index contributed by atoms with van der Waals surface area (Å²) < 4.78 is 0. The number of benzene rings is 1. The highest BCUT2D eigenvalue weighted by Crippen LogP contribution is 2.34. The second-order valence-electron chi connectivity index (χ2n) is 6.34. The average molecular weight is 338 g/mol. The number of amides is 1. The van der Waals surface area contributed by atoms with Crippen LogP contribution in [0.1, 0.15) is 54.1 Å². The molecule has 0 radical (unpaired) electrons. The first-order valence-electron chi connectivity index (χ1n) is 7.42. The zero-order valence-electron chi connectivity index (χ0n) is 12.6. The molecule has 1 saturated carbocycles. The summed E-state index contributed by atoms with van der Waals surface area (Å²) in [6, 6.07) is 6.02. The van der Waals surface area contributed by atoms with Gasteiger partial charge in [-0.2, -0.15) is 0 Å². The van der Waals surface area contributed by atoms with E-state index in [1.165, 1.54) is 12.8 Å². The molecule has 3 heteroatoms. The third-order valence-corrected chi connectivity index (χ3v) is 5.51. The largest absolute Gasteiger partial charge is 0.346 e. The quantitative estimate of drug-likeness (QED) is 0.815. The normalized spacial score (nSPS) is 26.3. The zero-order valence-corrected chi connectivity index (χ0v) is 14.2. The van der Waals surface area contributed by atoms with Gasteiger partial charge in [0.25, 0.3) is 5.91 Å². The Bertz CT molecular complexity index is 480. The van der Waals surface area contributed by atoms with Crippen LogP contribution in [0.25, 0.3) is 0 Å². The molecule has 1 aromatic rings. The Morgan fingerprint density at radius 1 is 1.40 bits per heavy atom. The van der Waals surface area contributed by atoms with Crippen LogP contribution >= 0.6 is 15.9 Å². The lowest BCUT2D eigenvalue weighted by molar-refractivity contribution is 0.0868. The van der Waals surface area contributed by atoms with Gasteiger partial charge in [0.05, 0.1) is 5.54 Å². The van der Waals surface area contributed by atoms with E-state index in [0.717, 1.165) is 34.9 Å².